The highest BCUT2D eigenvalue weighted by atomic mass is 16.7. The number of hydroxylamine groups is 2. The first kappa shape index (κ1) is 24.2. The molecule has 0 aliphatic heterocycles. The smallest absolute Gasteiger partial charge is 0.411 e. The van der Waals surface area contributed by atoms with E-state index in [2.05, 4.69) is 0 Å². The van der Waals surface area contributed by atoms with E-state index < -0.39 is 29.6 Å². The lowest BCUT2D eigenvalue weighted by atomic mass is 10.0. The molecule has 0 aromatic heterocycles. The minimum atomic E-state index is -0.794. The molecule has 0 aliphatic carbocycles. The van der Waals surface area contributed by atoms with Gasteiger partial charge in [-0.2, -0.15) is 0 Å². The summed E-state index contributed by atoms with van der Waals surface area (Å²) < 4.78 is 15.4. The second-order valence-electron chi connectivity index (χ2n) is 7.25. The Morgan fingerprint density at radius 3 is 2.07 bits per heavy atom. The highest BCUT2D eigenvalue weighted by molar-refractivity contribution is 5.82. The fourth-order valence-electron chi connectivity index (χ4n) is 2.44. The summed E-state index contributed by atoms with van der Waals surface area (Å²) in [6, 6.07) is 6.05. The Balaban J connectivity index is 3.35. The van der Waals surface area contributed by atoms with Crippen molar-refractivity contribution in [2.24, 2.45) is 0 Å². The summed E-state index contributed by atoms with van der Waals surface area (Å²) >= 11 is 0. The summed E-state index contributed by atoms with van der Waals surface area (Å²) in [5.74, 6) is -0.404. The van der Waals surface area contributed by atoms with E-state index >= 15 is 0 Å². The zero-order valence-corrected chi connectivity index (χ0v) is 18.1. The van der Waals surface area contributed by atoms with Gasteiger partial charge < -0.3 is 14.2 Å². The van der Waals surface area contributed by atoms with Crippen LogP contribution in [0.25, 0.3) is 0 Å². The first-order valence-electron chi connectivity index (χ1n) is 9.03. The number of benzene rings is 1. The number of likely N-dealkylation sites (N-methyl/N-ethyl adjacent to an activating group) is 1. The van der Waals surface area contributed by atoms with E-state index in [0.29, 0.717) is 11.3 Å². The van der Waals surface area contributed by atoms with Gasteiger partial charge in [-0.25, -0.2) is 9.86 Å². The highest BCUT2D eigenvalue weighted by Gasteiger charge is 2.33. The van der Waals surface area contributed by atoms with Gasteiger partial charge in [0.15, 0.2) is 0 Å². The molecule has 0 saturated carbocycles. The summed E-state index contributed by atoms with van der Waals surface area (Å²) in [6.07, 6.45) is -0.897. The van der Waals surface area contributed by atoms with Crippen LogP contribution in [-0.2, 0) is 23.9 Å². The molecule has 0 fully saturated rings. The van der Waals surface area contributed by atoms with Crippen LogP contribution >= 0.6 is 0 Å². The molecular formula is C20H30N2O7. The number of amides is 2. The van der Waals surface area contributed by atoms with Crippen molar-refractivity contribution in [2.75, 3.05) is 34.9 Å². The van der Waals surface area contributed by atoms with Crippen LogP contribution in [0, 0.1) is 0 Å². The molecular weight excluding hydrogens is 380 g/mol. The topological polar surface area (TPSA) is 94.6 Å². The highest BCUT2D eigenvalue weighted by Crippen LogP contribution is 2.28. The van der Waals surface area contributed by atoms with E-state index in [9.17, 15) is 14.4 Å². The lowest BCUT2D eigenvalue weighted by Gasteiger charge is -2.33. The Bertz CT molecular complexity index is 698. The Labute approximate surface area is 171 Å². The van der Waals surface area contributed by atoms with Crippen LogP contribution in [-0.4, -0.2) is 68.5 Å². The first-order chi connectivity index (χ1) is 13.5. The van der Waals surface area contributed by atoms with E-state index in [-0.39, 0.29) is 13.0 Å². The van der Waals surface area contributed by atoms with Crippen molar-refractivity contribution in [1.29, 1.82) is 0 Å². The fourth-order valence-corrected chi connectivity index (χ4v) is 2.44. The molecule has 2 amide bonds. The first-order valence-corrected chi connectivity index (χ1v) is 9.03. The summed E-state index contributed by atoms with van der Waals surface area (Å²) in [6.45, 7) is 4.80. The molecule has 29 heavy (non-hydrogen) atoms. The zero-order valence-electron chi connectivity index (χ0n) is 18.1. The van der Waals surface area contributed by atoms with Crippen LogP contribution in [0.1, 0.15) is 38.8 Å². The molecule has 0 spiro atoms. The number of methoxy groups -OCH3 is 2. The molecule has 0 N–H and O–H groups in total. The molecule has 162 valence electrons. The maximum atomic E-state index is 12.9. The lowest BCUT2D eigenvalue weighted by Crippen LogP contribution is -2.45. The van der Waals surface area contributed by atoms with Crippen molar-refractivity contribution in [3.8, 4) is 5.75 Å². The van der Waals surface area contributed by atoms with Crippen LogP contribution in [0.5, 0.6) is 5.75 Å². The van der Waals surface area contributed by atoms with E-state index in [1.54, 1.807) is 45.0 Å². The summed E-state index contributed by atoms with van der Waals surface area (Å²) in [5.41, 5.74) is -0.170. The Hall–Kier alpha value is -2.81. The van der Waals surface area contributed by atoms with E-state index in [1.165, 1.54) is 33.3 Å². The number of ether oxygens (including phenoxy) is 3. The number of esters is 1. The van der Waals surface area contributed by atoms with E-state index in [4.69, 9.17) is 19.0 Å². The lowest BCUT2D eigenvalue weighted by molar-refractivity contribution is -0.170. The van der Waals surface area contributed by atoms with Gasteiger partial charge in [0, 0.05) is 7.05 Å². The standard InChI is InChI=1S/C20H30N2O7/c1-20(2,3)29-19(25)22(13-17(23)21(4)28-7)16(12-18(24)27-6)14-8-10-15(26-5)11-9-14/h8-11,16H,12-13H2,1-7H3/t16-/m0/s1. The molecule has 1 rings (SSSR count). The van der Waals surface area contributed by atoms with Gasteiger partial charge in [-0.1, -0.05) is 12.1 Å². The van der Waals surface area contributed by atoms with Gasteiger partial charge >= 0.3 is 12.1 Å². The maximum absolute atomic E-state index is 12.9. The third-order valence-electron chi connectivity index (χ3n) is 4.02. The van der Waals surface area contributed by atoms with Crippen LogP contribution in [0.3, 0.4) is 0 Å². The van der Waals surface area contributed by atoms with Gasteiger partial charge in [0.25, 0.3) is 5.91 Å². The minimum absolute atomic E-state index is 0.161. The van der Waals surface area contributed by atoms with E-state index in [1.807, 2.05) is 0 Å². The van der Waals surface area contributed by atoms with Crippen LogP contribution in [0.4, 0.5) is 4.79 Å². The molecule has 9 heteroatoms. The molecule has 9 nitrogen and oxygen atoms in total. The summed E-state index contributed by atoms with van der Waals surface area (Å²) in [7, 11) is 5.56. The zero-order chi connectivity index (χ0) is 22.2. The largest absolute Gasteiger partial charge is 0.497 e. The number of rotatable bonds is 8. The van der Waals surface area contributed by atoms with Crippen molar-refractivity contribution >= 4 is 18.0 Å². The minimum Gasteiger partial charge on any atom is -0.497 e. The molecule has 0 heterocycles. The predicted octanol–water partition coefficient (Wildman–Crippen LogP) is 2.56. The monoisotopic (exact) mass is 410 g/mol. The quantitative estimate of drug-likeness (QED) is 0.480. The average Bonchev–Trinajstić information content (AvgIpc) is 2.68. The third-order valence-corrected chi connectivity index (χ3v) is 4.02. The Morgan fingerprint density at radius 2 is 1.62 bits per heavy atom. The Morgan fingerprint density at radius 1 is 1.03 bits per heavy atom. The fraction of sp³-hybridized carbons (Fsp3) is 0.550. The second kappa shape index (κ2) is 10.7. The molecule has 1 aromatic rings. The summed E-state index contributed by atoms with van der Waals surface area (Å²) in [5, 5.41) is 1.00. The average molecular weight is 410 g/mol. The molecule has 1 atom stereocenters. The Kier molecular flexibility index (Phi) is 8.90. The molecule has 0 saturated heterocycles. The number of hydrogen-bond donors (Lipinski definition) is 0. The molecule has 0 aliphatic rings. The van der Waals surface area contributed by atoms with Gasteiger partial charge in [0.2, 0.25) is 0 Å². The van der Waals surface area contributed by atoms with Crippen LogP contribution in [0.15, 0.2) is 24.3 Å². The van der Waals surface area contributed by atoms with Crippen LogP contribution in [0.2, 0.25) is 0 Å². The van der Waals surface area contributed by atoms with Gasteiger partial charge in [0.05, 0.1) is 33.8 Å². The summed E-state index contributed by atoms with van der Waals surface area (Å²) in [4.78, 5) is 43.6. The van der Waals surface area contributed by atoms with Gasteiger partial charge in [-0.05, 0) is 38.5 Å². The SMILES string of the molecule is COC(=O)C[C@@H](c1ccc(OC)cc1)N(CC(=O)N(C)OC)C(=O)OC(C)(C)C. The predicted molar refractivity (Wildman–Crippen MR) is 105 cm³/mol. The molecule has 1 aromatic carbocycles. The second-order valence-corrected chi connectivity index (χ2v) is 7.25. The molecule has 0 unspecified atom stereocenters. The van der Waals surface area contributed by atoms with Crippen molar-refractivity contribution in [3.63, 3.8) is 0 Å². The number of nitrogens with zero attached hydrogens (tertiary/aromatic N) is 2. The third kappa shape index (κ3) is 7.61. The van der Waals surface area contributed by atoms with Crippen molar-refractivity contribution < 1.29 is 33.4 Å². The van der Waals surface area contributed by atoms with Crippen molar-refractivity contribution in [1.82, 2.24) is 9.96 Å². The molecule has 0 bridgehead atoms. The molecule has 0 radical (unpaired) electrons. The number of carbonyl (C=O) groups is 3. The van der Waals surface area contributed by atoms with Gasteiger partial charge in [-0.3, -0.25) is 19.3 Å². The van der Waals surface area contributed by atoms with Gasteiger partial charge in [0.1, 0.15) is 17.9 Å². The number of hydrogen-bond acceptors (Lipinski definition) is 7. The van der Waals surface area contributed by atoms with Crippen molar-refractivity contribution in [2.45, 2.75) is 38.8 Å². The maximum Gasteiger partial charge on any atom is 0.411 e. The van der Waals surface area contributed by atoms with E-state index in [0.717, 1.165) is 5.06 Å². The van der Waals surface area contributed by atoms with Crippen LogP contribution < -0.4 is 4.74 Å². The number of carbonyl (C=O) groups excluding carboxylic acids is 3. The van der Waals surface area contributed by atoms with Gasteiger partial charge in [-0.15, -0.1) is 0 Å². The van der Waals surface area contributed by atoms with Crippen molar-refractivity contribution in [3.05, 3.63) is 29.8 Å². The normalized spacial score (nSPS) is 12.0.